The lowest BCUT2D eigenvalue weighted by Gasteiger charge is -2.06. The van der Waals surface area contributed by atoms with Gasteiger partial charge >= 0.3 is 6.61 Å². The highest BCUT2D eigenvalue weighted by molar-refractivity contribution is 6.06. The highest BCUT2D eigenvalue weighted by Gasteiger charge is 2.07. The number of carbonyl (C=O) groups excluding carboxylic acids is 1. The summed E-state index contributed by atoms with van der Waals surface area (Å²) in [4.78, 5) is 12.1. The number of ether oxygens (including phenoxy) is 2. The van der Waals surface area contributed by atoms with E-state index in [0.717, 1.165) is 0 Å². The van der Waals surface area contributed by atoms with Crippen molar-refractivity contribution < 1.29 is 28.2 Å². The van der Waals surface area contributed by atoms with E-state index in [1.807, 2.05) is 0 Å². The molecule has 0 heterocycles. The summed E-state index contributed by atoms with van der Waals surface area (Å²) in [6, 6.07) is 10.2. The number of rotatable bonds is 7. The molecule has 0 unspecified atom stereocenters. The number of phenolic OH excluding ortho intramolecular Hbond substituents is 1. The van der Waals surface area contributed by atoms with Crippen LogP contribution in [0.3, 0.4) is 0 Å². The zero-order valence-corrected chi connectivity index (χ0v) is 12.9. The van der Waals surface area contributed by atoms with Gasteiger partial charge in [-0.05, 0) is 55.0 Å². The summed E-state index contributed by atoms with van der Waals surface area (Å²) in [5, 5.41) is 9.63. The third kappa shape index (κ3) is 4.81. The van der Waals surface area contributed by atoms with Gasteiger partial charge in [-0.3, -0.25) is 4.79 Å². The van der Waals surface area contributed by atoms with Gasteiger partial charge in [0.05, 0.1) is 6.61 Å². The Hall–Kier alpha value is -2.89. The molecule has 0 saturated heterocycles. The second-order valence-electron chi connectivity index (χ2n) is 4.76. The molecule has 2 aromatic rings. The van der Waals surface area contributed by atoms with Crippen LogP contribution in [-0.4, -0.2) is 24.1 Å². The minimum Gasteiger partial charge on any atom is -0.504 e. The highest BCUT2D eigenvalue weighted by atomic mass is 19.3. The standard InChI is InChI=1S/C18H16F2O4/c1-2-23-17-11-12(4-10-16(17)22)3-9-15(21)13-5-7-14(8-6-13)24-18(19)20/h3-11,18,22H,2H2,1H3/b9-3+. The van der Waals surface area contributed by atoms with Crippen molar-refractivity contribution in [1.29, 1.82) is 0 Å². The Morgan fingerprint density at radius 1 is 1.21 bits per heavy atom. The quantitative estimate of drug-likeness (QED) is 0.606. The first kappa shape index (κ1) is 17.5. The molecule has 2 aromatic carbocycles. The van der Waals surface area contributed by atoms with E-state index in [1.165, 1.54) is 36.4 Å². The van der Waals surface area contributed by atoms with E-state index in [0.29, 0.717) is 23.5 Å². The van der Waals surface area contributed by atoms with Crippen molar-refractivity contribution in [2.24, 2.45) is 0 Å². The molecule has 1 N–H and O–H groups in total. The number of hydrogen-bond donors (Lipinski definition) is 1. The van der Waals surface area contributed by atoms with E-state index in [-0.39, 0.29) is 17.3 Å². The molecule has 6 heteroatoms. The Bertz CT molecular complexity index is 724. The maximum absolute atomic E-state index is 12.1. The summed E-state index contributed by atoms with van der Waals surface area (Å²) in [6.07, 6.45) is 2.93. The molecule has 2 rings (SSSR count). The van der Waals surface area contributed by atoms with Gasteiger partial charge in [0.25, 0.3) is 0 Å². The maximum Gasteiger partial charge on any atom is 0.387 e. The van der Waals surface area contributed by atoms with Crippen molar-refractivity contribution >= 4 is 11.9 Å². The summed E-state index contributed by atoms with van der Waals surface area (Å²) >= 11 is 0. The fraction of sp³-hybridized carbons (Fsp3) is 0.167. The Balaban J connectivity index is 2.08. The number of halogens is 2. The molecule has 0 saturated carbocycles. The summed E-state index contributed by atoms with van der Waals surface area (Å²) in [5.74, 6) is 0.0607. The molecule has 126 valence electrons. The highest BCUT2D eigenvalue weighted by Crippen LogP contribution is 2.27. The van der Waals surface area contributed by atoms with E-state index in [4.69, 9.17) is 4.74 Å². The van der Waals surface area contributed by atoms with Crippen LogP contribution in [0.1, 0.15) is 22.8 Å². The fourth-order valence-electron chi connectivity index (χ4n) is 1.97. The van der Waals surface area contributed by atoms with E-state index < -0.39 is 6.61 Å². The lowest BCUT2D eigenvalue weighted by molar-refractivity contribution is -0.0498. The minimum absolute atomic E-state index is 0.00887. The van der Waals surface area contributed by atoms with E-state index in [1.54, 1.807) is 25.1 Å². The van der Waals surface area contributed by atoms with Crippen LogP contribution in [0.5, 0.6) is 17.2 Å². The van der Waals surface area contributed by atoms with Gasteiger partial charge in [-0.2, -0.15) is 8.78 Å². The Labute approximate surface area is 138 Å². The average Bonchev–Trinajstić information content (AvgIpc) is 2.55. The van der Waals surface area contributed by atoms with Gasteiger partial charge in [0.2, 0.25) is 0 Å². The molecule has 0 bridgehead atoms. The van der Waals surface area contributed by atoms with Gasteiger partial charge in [0, 0.05) is 5.56 Å². The van der Waals surface area contributed by atoms with Gasteiger partial charge in [0.1, 0.15) is 5.75 Å². The van der Waals surface area contributed by atoms with Crippen molar-refractivity contribution in [1.82, 2.24) is 0 Å². The smallest absolute Gasteiger partial charge is 0.387 e. The normalized spacial score (nSPS) is 11.0. The van der Waals surface area contributed by atoms with E-state index >= 15 is 0 Å². The minimum atomic E-state index is -2.90. The molecule has 0 spiro atoms. The second-order valence-corrected chi connectivity index (χ2v) is 4.76. The predicted molar refractivity (Wildman–Crippen MR) is 85.7 cm³/mol. The van der Waals surface area contributed by atoms with Crippen LogP contribution >= 0.6 is 0 Å². The SMILES string of the molecule is CCOc1cc(/C=C/C(=O)c2ccc(OC(F)F)cc2)ccc1O. The van der Waals surface area contributed by atoms with Crippen molar-refractivity contribution in [3.63, 3.8) is 0 Å². The van der Waals surface area contributed by atoms with Gasteiger partial charge < -0.3 is 14.6 Å². The van der Waals surface area contributed by atoms with E-state index in [9.17, 15) is 18.7 Å². The van der Waals surface area contributed by atoms with Crippen molar-refractivity contribution in [3.8, 4) is 17.2 Å². The fourth-order valence-corrected chi connectivity index (χ4v) is 1.97. The molecule has 0 amide bonds. The lowest BCUT2D eigenvalue weighted by atomic mass is 10.1. The van der Waals surface area contributed by atoms with Gasteiger partial charge in [-0.1, -0.05) is 12.1 Å². The average molecular weight is 334 g/mol. The van der Waals surface area contributed by atoms with Crippen LogP contribution in [0.4, 0.5) is 8.78 Å². The van der Waals surface area contributed by atoms with Gasteiger partial charge in [-0.25, -0.2) is 0 Å². The van der Waals surface area contributed by atoms with Crippen LogP contribution in [0, 0.1) is 0 Å². The van der Waals surface area contributed by atoms with Crippen LogP contribution in [0.15, 0.2) is 48.5 Å². The lowest BCUT2D eigenvalue weighted by Crippen LogP contribution is -2.02. The van der Waals surface area contributed by atoms with Gasteiger partial charge in [0.15, 0.2) is 17.3 Å². The molecule has 0 atom stereocenters. The summed E-state index contributed by atoms with van der Waals surface area (Å²) in [7, 11) is 0. The molecule has 0 aliphatic carbocycles. The number of aromatic hydroxyl groups is 1. The van der Waals surface area contributed by atoms with Crippen LogP contribution in [0.2, 0.25) is 0 Å². The number of ketones is 1. The van der Waals surface area contributed by atoms with Crippen molar-refractivity contribution in [3.05, 3.63) is 59.7 Å². The molecule has 4 nitrogen and oxygen atoms in total. The van der Waals surface area contributed by atoms with Crippen LogP contribution in [-0.2, 0) is 0 Å². The molecule has 0 aromatic heterocycles. The number of carbonyl (C=O) groups is 1. The first-order chi connectivity index (χ1) is 11.5. The number of alkyl halides is 2. The monoisotopic (exact) mass is 334 g/mol. The van der Waals surface area contributed by atoms with Crippen LogP contribution < -0.4 is 9.47 Å². The Kier molecular flexibility index (Phi) is 5.89. The summed E-state index contributed by atoms with van der Waals surface area (Å²) < 4.78 is 33.6. The van der Waals surface area contributed by atoms with Gasteiger partial charge in [-0.15, -0.1) is 0 Å². The largest absolute Gasteiger partial charge is 0.504 e. The third-order valence-electron chi connectivity index (χ3n) is 3.07. The molecule has 0 aliphatic rings. The molecule has 0 aliphatic heterocycles. The predicted octanol–water partition coefficient (Wildman–Crippen LogP) is 4.29. The van der Waals surface area contributed by atoms with Crippen molar-refractivity contribution in [2.45, 2.75) is 13.5 Å². The molecule has 0 fully saturated rings. The maximum atomic E-state index is 12.1. The number of hydrogen-bond acceptors (Lipinski definition) is 4. The second kappa shape index (κ2) is 8.10. The number of benzene rings is 2. The van der Waals surface area contributed by atoms with Crippen LogP contribution in [0.25, 0.3) is 6.08 Å². The zero-order chi connectivity index (χ0) is 17.5. The molecular weight excluding hydrogens is 318 g/mol. The summed E-state index contributed by atoms with van der Waals surface area (Å²) in [6.45, 7) is -0.694. The van der Waals surface area contributed by atoms with E-state index in [2.05, 4.69) is 4.74 Å². The first-order valence-corrected chi connectivity index (χ1v) is 7.22. The number of allylic oxidation sites excluding steroid dienone is 1. The van der Waals surface area contributed by atoms with Crippen molar-refractivity contribution in [2.75, 3.05) is 6.61 Å². The Morgan fingerprint density at radius 2 is 1.92 bits per heavy atom. The summed E-state index contributed by atoms with van der Waals surface area (Å²) in [5.41, 5.74) is 1.03. The first-order valence-electron chi connectivity index (χ1n) is 7.22. The topological polar surface area (TPSA) is 55.8 Å². The molecule has 24 heavy (non-hydrogen) atoms. The zero-order valence-electron chi connectivity index (χ0n) is 12.9. The molecular formula is C18H16F2O4. The number of phenols is 1. The molecule has 0 radical (unpaired) electrons. The Morgan fingerprint density at radius 3 is 2.54 bits per heavy atom. The third-order valence-corrected chi connectivity index (χ3v) is 3.07.